The van der Waals surface area contributed by atoms with Crippen LogP contribution in [0.1, 0.15) is 62.8 Å². The van der Waals surface area contributed by atoms with Crippen LogP contribution in [0.4, 0.5) is 0 Å². The highest BCUT2D eigenvalue weighted by atomic mass is 79.9. The second kappa shape index (κ2) is 7.93. The minimum atomic E-state index is -0.328. The van der Waals surface area contributed by atoms with Gasteiger partial charge in [0.2, 0.25) is 0 Å². The number of nitrogens with one attached hydrogen (secondary N) is 1. The Hall–Kier alpha value is -1.65. The second-order valence-electron chi connectivity index (χ2n) is 7.24. The van der Waals surface area contributed by atoms with Gasteiger partial charge in [-0.3, -0.25) is 10.3 Å². The zero-order valence-corrected chi connectivity index (χ0v) is 17.3. The van der Waals surface area contributed by atoms with Gasteiger partial charge in [-0.1, -0.05) is 60.5 Å². The first-order valence-corrected chi connectivity index (χ1v) is 10.2. The number of halogens is 1. The van der Waals surface area contributed by atoms with Gasteiger partial charge in [0.05, 0.1) is 0 Å². The van der Waals surface area contributed by atoms with Crippen molar-refractivity contribution < 1.29 is 5.11 Å². The van der Waals surface area contributed by atoms with Crippen LogP contribution in [0.15, 0.2) is 51.9 Å². The molecule has 2 unspecified atom stereocenters. The predicted molar refractivity (Wildman–Crippen MR) is 112 cm³/mol. The number of phenolic OH excluding ortho intramolecular Hbond substituents is 1. The third-order valence-electron chi connectivity index (χ3n) is 5.06. The molecule has 0 bridgehead atoms. The first-order valence-electron chi connectivity index (χ1n) is 9.38. The lowest BCUT2D eigenvalue weighted by Crippen LogP contribution is -2.47. The number of hydrogen-bond acceptors (Lipinski definition) is 3. The van der Waals surface area contributed by atoms with Crippen LogP contribution in [0, 0.1) is 0 Å². The highest BCUT2D eigenvalue weighted by Gasteiger charge is 2.33. The Morgan fingerprint density at radius 1 is 1.19 bits per heavy atom. The van der Waals surface area contributed by atoms with Crippen molar-refractivity contribution in [2.24, 2.45) is 4.99 Å². The fourth-order valence-corrected chi connectivity index (χ4v) is 4.10. The Kier molecular flexibility index (Phi) is 5.83. The number of hydrogen-bond donors (Lipinski definition) is 2. The number of phenols is 1. The monoisotopic (exact) mass is 414 g/mol. The van der Waals surface area contributed by atoms with E-state index in [4.69, 9.17) is 4.99 Å². The van der Waals surface area contributed by atoms with E-state index in [0.717, 1.165) is 41.4 Å². The molecule has 3 rings (SSSR count). The normalized spacial score (nSPS) is 22.9. The number of rotatable bonds is 5. The van der Waals surface area contributed by atoms with E-state index in [9.17, 15) is 5.11 Å². The number of aryl methyl sites for hydroxylation is 1. The SMILES string of the molecule is CCCC1(C)N=C(c2ccc(CC)cc2)CC(c2cc(Br)ccc2O)N1. The lowest BCUT2D eigenvalue weighted by atomic mass is 9.90. The molecule has 0 spiro atoms. The van der Waals surface area contributed by atoms with Crippen LogP contribution < -0.4 is 5.32 Å². The molecule has 0 aromatic heterocycles. The molecular weight excluding hydrogens is 388 g/mol. The standard InChI is InChI=1S/C22H27BrN2O/c1-4-12-22(3)24-19(16-8-6-15(5-2)7-9-16)14-20(25-22)18-13-17(23)10-11-21(18)26/h6-11,13,20,25-26H,4-5,12,14H2,1-3H3. The molecule has 1 heterocycles. The molecule has 0 saturated heterocycles. The maximum atomic E-state index is 10.4. The molecule has 2 aromatic rings. The molecule has 1 aliphatic heterocycles. The summed E-state index contributed by atoms with van der Waals surface area (Å²) in [6.45, 7) is 6.50. The first kappa shape index (κ1) is 19.1. The summed E-state index contributed by atoms with van der Waals surface area (Å²) >= 11 is 3.53. The van der Waals surface area contributed by atoms with Crippen LogP contribution in [0.5, 0.6) is 5.75 Å². The van der Waals surface area contributed by atoms with Gasteiger partial charge in [-0.15, -0.1) is 0 Å². The van der Waals surface area contributed by atoms with Crippen molar-refractivity contribution in [3.63, 3.8) is 0 Å². The lowest BCUT2D eigenvalue weighted by molar-refractivity contribution is 0.283. The summed E-state index contributed by atoms with van der Waals surface area (Å²) < 4.78 is 0.973. The van der Waals surface area contributed by atoms with E-state index in [-0.39, 0.29) is 11.7 Å². The molecule has 2 N–H and O–H groups in total. The van der Waals surface area contributed by atoms with Crippen LogP contribution in [-0.2, 0) is 6.42 Å². The minimum Gasteiger partial charge on any atom is -0.508 e. The summed E-state index contributed by atoms with van der Waals surface area (Å²) in [7, 11) is 0. The first-order chi connectivity index (χ1) is 12.4. The molecule has 0 radical (unpaired) electrons. The molecule has 0 saturated carbocycles. The average molecular weight is 415 g/mol. The van der Waals surface area contributed by atoms with E-state index in [1.807, 2.05) is 12.1 Å². The van der Waals surface area contributed by atoms with Crippen molar-refractivity contribution in [3.05, 3.63) is 63.6 Å². The second-order valence-corrected chi connectivity index (χ2v) is 8.15. The molecule has 0 aliphatic carbocycles. The van der Waals surface area contributed by atoms with Gasteiger partial charge in [0, 0.05) is 28.2 Å². The molecule has 0 fully saturated rings. The fraction of sp³-hybridized carbons (Fsp3) is 0.409. The molecule has 2 atom stereocenters. The number of aromatic hydroxyl groups is 1. The highest BCUT2D eigenvalue weighted by Crippen LogP contribution is 2.36. The largest absolute Gasteiger partial charge is 0.508 e. The van der Waals surface area contributed by atoms with E-state index >= 15 is 0 Å². The van der Waals surface area contributed by atoms with Gasteiger partial charge in [-0.05, 0) is 49.1 Å². The van der Waals surface area contributed by atoms with E-state index < -0.39 is 0 Å². The average Bonchev–Trinajstić information content (AvgIpc) is 2.63. The molecule has 0 amide bonds. The molecule has 3 nitrogen and oxygen atoms in total. The third kappa shape index (κ3) is 4.18. The van der Waals surface area contributed by atoms with Gasteiger partial charge in [-0.2, -0.15) is 0 Å². The van der Waals surface area contributed by atoms with Crippen LogP contribution >= 0.6 is 15.9 Å². The van der Waals surface area contributed by atoms with E-state index in [1.54, 1.807) is 6.07 Å². The molecule has 1 aliphatic rings. The van der Waals surface area contributed by atoms with Crippen LogP contribution in [-0.4, -0.2) is 16.5 Å². The van der Waals surface area contributed by atoms with Gasteiger partial charge >= 0.3 is 0 Å². The van der Waals surface area contributed by atoms with Gasteiger partial charge in [0.1, 0.15) is 11.4 Å². The van der Waals surface area contributed by atoms with Gasteiger partial charge in [-0.25, -0.2) is 0 Å². The Morgan fingerprint density at radius 2 is 1.92 bits per heavy atom. The Morgan fingerprint density at radius 3 is 2.58 bits per heavy atom. The van der Waals surface area contributed by atoms with Gasteiger partial charge in [0.15, 0.2) is 0 Å². The Bertz CT molecular complexity index is 800. The predicted octanol–water partition coefficient (Wildman–Crippen LogP) is 5.76. The number of nitrogens with zero attached hydrogens (tertiary/aromatic N) is 1. The summed E-state index contributed by atoms with van der Waals surface area (Å²) in [6, 6.07) is 14.4. The molecule has 2 aromatic carbocycles. The van der Waals surface area contributed by atoms with E-state index in [0.29, 0.717) is 5.75 Å². The minimum absolute atomic E-state index is 0.0300. The van der Waals surface area contributed by atoms with Crippen molar-refractivity contribution in [2.45, 2.75) is 58.2 Å². The van der Waals surface area contributed by atoms with Gasteiger partial charge < -0.3 is 5.11 Å². The quantitative estimate of drug-likeness (QED) is 0.653. The Balaban J connectivity index is 1.99. The van der Waals surface area contributed by atoms with Crippen molar-refractivity contribution in [2.75, 3.05) is 0 Å². The molecular formula is C22H27BrN2O. The Labute approximate surface area is 164 Å². The van der Waals surface area contributed by atoms with Crippen LogP contribution in [0.2, 0.25) is 0 Å². The van der Waals surface area contributed by atoms with Crippen LogP contribution in [0.25, 0.3) is 0 Å². The summed E-state index contributed by atoms with van der Waals surface area (Å²) in [5, 5.41) is 14.1. The third-order valence-corrected chi connectivity index (χ3v) is 5.55. The smallest absolute Gasteiger partial charge is 0.120 e. The van der Waals surface area contributed by atoms with Crippen molar-refractivity contribution >= 4 is 21.6 Å². The fourth-order valence-electron chi connectivity index (χ4n) is 3.72. The molecule has 4 heteroatoms. The molecule has 26 heavy (non-hydrogen) atoms. The van der Waals surface area contributed by atoms with E-state index in [1.165, 1.54) is 11.1 Å². The van der Waals surface area contributed by atoms with Crippen molar-refractivity contribution in [1.29, 1.82) is 0 Å². The maximum Gasteiger partial charge on any atom is 0.120 e. The lowest BCUT2D eigenvalue weighted by Gasteiger charge is -2.38. The zero-order valence-electron chi connectivity index (χ0n) is 15.7. The summed E-state index contributed by atoms with van der Waals surface area (Å²) in [5.74, 6) is 0.326. The maximum absolute atomic E-state index is 10.4. The van der Waals surface area contributed by atoms with Gasteiger partial charge in [0.25, 0.3) is 0 Å². The number of aliphatic imine (C=N–C) groups is 1. The van der Waals surface area contributed by atoms with Crippen LogP contribution in [0.3, 0.4) is 0 Å². The topological polar surface area (TPSA) is 44.6 Å². The summed E-state index contributed by atoms with van der Waals surface area (Å²) in [6.07, 6.45) is 3.80. The number of benzene rings is 2. The summed E-state index contributed by atoms with van der Waals surface area (Å²) in [4.78, 5) is 5.07. The van der Waals surface area contributed by atoms with E-state index in [2.05, 4.69) is 66.3 Å². The summed E-state index contributed by atoms with van der Waals surface area (Å²) in [5.41, 5.74) is 4.20. The van der Waals surface area contributed by atoms with Crippen molar-refractivity contribution in [1.82, 2.24) is 5.32 Å². The molecule has 138 valence electrons. The highest BCUT2D eigenvalue weighted by molar-refractivity contribution is 9.10. The van der Waals surface area contributed by atoms with Crippen molar-refractivity contribution in [3.8, 4) is 5.75 Å². The zero-order chi connectivity index (χ0) is 18.7.